The Morgan fingerprint density at radius 2 is 1.84 bits per heavy atom. The van der Waals surface area contributed by atoms with Gasteiger partial charge in [0.05, 0.1) is 0 Å². The second-order valence-electron chi connectivity index (χ2n) is 5.41. The lowest BCUT2D eigenvalue weighted by atomic mass is 10.0. The Morgan fingerprint density at radius 1 is 1.21 bits per heavy atom. The van der Waals surface area contributed by atoms with E-state index in [0.29, 0.717) is 6.04 Å². The molecular weight excluding hydrogens is 351 g/mol. The molecule has 0 rings (SSSR count). The molecule has 0 aromatic heterocycles. The summed E-state index contributed by atoms with van der Waals surface area (Å²) in [4.78, 5) is 6.53. The van der Waals surface area contributed by atoms with Gasteiger partial charge in [0.2, 0.25) is 0 Å². The lowest BCUT2D eigenvalue weighted by Crippen LogP contribution is -2.44. The number of rotatable bonds is 8. The van der Waals surface area contributed by atoms with E-state index >= 15 is 0 Å². The Balaban J connectivity index is 0. The molecule has 1 atom stereocenters. The molecule has 19 heavy (non-hydrogen) atoms. The molecule has 0 saturated carbocycles. The zero-order valence-corrected chi connectivity index (χ0v) is 15.8. The van der Waals surface area contributed by atoms with Crippen molar-refractivity contribution in [2.45, 2.75) is 46.6 Å². The third kappa shape index (κ3) is 12.7. The molecule has 0 amide bonds. The summed E-state index contributed by atoms with van der Waals surface area (Å²) in [5.74, 6) is 1.68. The van der Waals surface area contributed by atoms with E-state index in [0.717, 1.165) is 31.5 Å². The Hall–Kier alpha value is -0.0400. The predicted molar refractivity (Wildman–Crippen MR) is 96.6 cm³/mol. The fourth-order valence-electron chi connectivity index (χ4n) is 1.61. The third-order valence-electron chi connectivity index (χ3n) is 3.11. The van der Waals surface area contributed by atoms with E-state index in [2.05, 4.69) is 55.3 Å². The van der Waals surface area contributed by atoms with Gasteiger partial charge >= 0.3 is 0 Å². The summed E-state index contributed by atoms with van der Waals surface area (Å²) in [7, 11) is 3.96. The van der Waals surface area contributed by atoms with Gasteiger partial charge < -0.3 is 15.5 Å². The lowest BCUT2D eigenvalue weighted by molar-refractivity contribution is 0.356. The van der Waals surface area contributed by atoms with Crippen LogP contribution in [0.4, 0.5) is 0 Å². The molecule has 0 spiro atoms. The largest absolute Gasteiger partial charge is 0.355 e. The van der Waals surface area contributed by atoms with E-state index in [1.54, 1.807) is 0 Å². The first kappa shape index (κ1) is 21.3. The van der Waals surface area contributed by atoms with Crippen LogP contribution >= 0.6 is 24.0 Å². The van der Waals surface area contributed by atoms with E-state index in [9.17, 15) is 0 Å². The summed E-state index contributed by atoms with van der Waals surface area (Å²) in [5, 5.41) is 6.78. The minimum absolute atomic E-state index is 0. The molecular formula is C14H33IN4. The van der Waals surface area contributed by atoms with Crippen molar-refractivity contribution in [3.8, 4) is 0 Å². The number of likely N-dealkylation sites (N-methyl/N-ethyl adjacent to an activating group) is 1. The minimum Gasteiger partial charge on any atom is -0.355 e. The van der Waals surface area contributed by atoms with Crippen molar-refractivity contribution in [2.75, 3.05) is 33.7 Å². The van der Waals surface area contributed by atoms with Crippen molar-refractivity contribution in [1.82, 2.24) is 15.5 Å². The Labute approximate surface area is 136 Å². The molecule has 4 nitrogen and oxygen atoms in total. The van der Waals surface area contributed by atoms with Crippen molar-refractivity contribution in [2.24, 2.45) is 10.9 Å². The van der Waals surface area contributed by atoms with Crippen LogP contribution in [0.3, 0.4) is 0 Å². The first-order valence-corrected chi connectivity index (χ1v) is 7.15. The van der Waals surface area contributed by atoms with Crippen LogP contribution in [-0.2, 0) is 0 Å². The highest BCUT2D eigenvalue weighted by Gasteiger charge is 2.06. The maximum absolute atomic E-state index is 4.25. The van der Waals surface area contributed by atoms with Crippen molar-refractivity contribution >= 4 is 29.9 Å². The van der Waals surface area contributed by atoms with Gasteiger partial charge in [0.25, 0.3) is 0 Å². The molecule has 0 bridgehead atoms. The van der Waals surface area contributed by atoms with Gasteiger partial charge in [-0.25, -0.2) is 0 Å². The lowest BCUT2D eigenvalue weighted by Gasteiger charge is -2.20. The van der Waals surface area contributed by atoms with E-state index in [4.69, 9.17) is 0 Å². The van der Waals surface area contributed by atoms with Crippen molar-refractivity contribution in [3.05, 3.63) is 0 Å². The summed E-state index contributed by atoms with van der Waals surface area (Å²) in [6, 6.07) is 0.475. The zero-order valence-electron chi connectivity index (χ0n) is 13.5. The van der Waals surface area contributed by atoms with Crippen LogP contribution < -0.4 is 10.6 Å². The number of halogens is 1. The molecule has 0 heterocycles. The van der Waals surface area contributed by atoms with Crippen LogP contribution in [0.15, 0.2) is 4.99 Å². The monoisotopic (exact) mass is 384 g/mol. The zero-order chi connectivity index (χ0) is 14.0. The Kier molecular flexibility index (Phi) is 14.5. The summed E-state index contributed by atoms with van der Waals surface area (Å²) >= 11 is 0. The maximum Gasteiger partial charge on any atom is 0.191 e. The van der Waals surface area contributed by atoms with Gasteiger partial charge in [-0.05, 0) is 39.3 Å². The molecule has 1 unspecified atom stereocenters. The molecule has 0 aromatic rings. The van der Waals surface area contributed by atoms with E-state index in [1.165, 1.54) is 12.8 Å². The van der Waals surface area contributed by atoms with Gasteiger partial charge in [0, 0.05) is 26.2 Å². The van der Waals surface area contributed by atoms with E-state index < -0.39 is 0 Å². The molecule has 5 heteroatoms. The quantitative estimate of drug-likeness (QED) is 0.384. The number of nitrogens with zero attached hydrogens (tertiary/aromatic N) is 2. The Bertz CT molecular complexity index is 231. The predicted octanol–water partition coefficient (Wildman–Crippen LogP) is 2.55. The van der Waals surface area contributed by atoms with E-state index in [1.807, 2.05) is 7.05 Å². The van der Waals surface area contributed by atoms with Crippen LogP contribution in [0.5, 0.6) is 0 Å². The standard InChI is InChI=1S/C14H32N4.HI/c1-7-18(6)11-10-16-14(15-5)17-13(4)9-8-12(2)3;/h12-13H,7-11H2,1-6H3,(H2,15,16,17);1H. The van der Waals surface area contributed by atoms with Crippen molar-refractivity contribution < 1.29 is 0 Å². The second-order valence-corrected chi connectivity index (χ2v) is 5.41. The fourth-order valence-corrected chi connectivity index (χ4v) is 1.61. The van der Waals surface area contributed by atoms with Gasteiger partial charge in [0.15, 0.2) is 5.96 Å². The molecule has 2 N–H and O–H groups in total. The van der Waals surface area contributed by atoms with Gasteiger partial charge in [-0.15, -0.1) is 24.0 Å². The molecule has 116 valence electrons. The van der Waals surface area contributed by atoms with Crippen LogP contribution in [0.1, 0.15) is 40.5 Å². The van der Waals surface area contributed by atoms with Crippen LogP contribution in [-0.4, -0.2) is 50.6 Å². The highest BCUT2D eigenvalue weighted by atomic mass is 127. The molecule has 0 radical (unpaired) electrons. The summed E-state index contributed by atoms with van der Waals surface area (Å²) in [5.41, 5.74) is 0. The average Bonchev–Trinajstić information content (AvgIpc) is 2.34. The van der Waals surface area contributed by atoms with Crippen LogP contribution in [0.25, 0.3) is 0 Å². The smallest absolute Gasteiger partial charge is 0.191 e. The van der Waals surface area contributed by atoms with Crippen molar-refractivity contribution in [3.63, 3.8) is 0 Å². The molecule has 0 saturated heterocycles. The Morgan fingerprint density at radius 3 is 2.32 bits per heavy atom. The minimum atomic E-state index is 0. The summed E-state index contributed by atoms with van der Waals surface area (Å²) in [6.07, 6.45) is 2.44. The summed E-state index contributed by atoms with van der Waals surface area (Å²) < 4.78 is 0. The average molecular weight is 384 g/mol. The molecule has 0 aromatic carbocycles. The third-order valence-corrected chi connectivity index (χ3v) is 3.11. The van der Waals surface area contributed by atoms with Crippen LogP contribution in [0.2, 0.25) is 0 Å². The molecule has 0 aliphatic rings. The normalized spacial score (nSPS) is 13.4. The number of nitrogens with one attached hydrogen (secondary N) is 2. The highest BCUT2D eigenvalue weighted by Crippen LogP contribution is 2.06. The van der Waals surface area contributed by atoms with Crippen molar-refractivity contribution in [1.29, 1.82) is 0 Å². The summed E-state index contributed by atoms with van der Waals surface area (Å²) in [6.45, 7) is 12.0. The van der Waals surface area contributed by atoms with Gasteiger partial charge in [-0.3, -0.25) is 4.99 Å². The first-order chi connectivity index (χ1) is 8.49. The highest BCUT2D eigenvalue weighted by molar-refractivity contribution is 14.0. The topological polar surface area (TPSA) is 39.7 Å². The van der Waals surface area contributed by atoms with Gasteiger partial charge in [-0.2, -0.15) is 0 Å². The van der Waals surface area contributed by atoms with Crippen LogP contribution in [0, 0.1) is 5.92 Å². The number of hydrogen-bond acceptors (Lipinski definition) is 2. The SMILES string of the molecule is CCN(C)CCNC(=NC)NC(C)CCC(C)C.I. The second kappa shape index (κ2) is 13.0. The van der Waals surface area contributed by atoms with Gasteiger partial charge in [0.1, 0.15) is 0 Å². The maximum atomic E-state index is 4.25. The number of aliphatic imine (C=N–C) groups is 1. The number of hydrogen-bond donors (Lipinski definition) is 2. The molecule has 0 aliphatic carbocycles. The fraction of sp³-hybridized carbons (Fsp3) is 0.929. The molecule has 0 fully saturated rings. The van der Waals surface area contributed by atoms with E-state index in [-0.39, 0.29) is 24.0 Å². The molecule has 0 aliphatic heterocycles. The first-order valence-electron chi connectivity index (χ1n) is 7.15. The number of guanidine groups is 1. The van der Waals surface area contributed by atoms with Gasteiger partial charge in [-0.1, -0.05) is 20.8 Å².